The van der Waals surface area contributed by atoms with Crippen molar-refractivity contribution in [1.29, 1.82) is 0 Å². The number of likely N-dealkylation sites (tertiary alicyclic amines) is 1. The number of benzene rings is 1. The van der Waals surface area contributed by atoms with E-state index in [0.717, 1.165) is 62.6 Å². The summed E-state index contributed by atoms with van der Waals surface area (Å²) in [6.07, 6.45) is 7.57. The second-order valence-corrected chi connectivity index (χ2v) is 7.99. The zero-order chi connectivity index (χ0) is 19.1. The predicted molar refractivity (Wildman–Crippen MR) is 105 cm³/mol. The van der Waals surface area contributed by atoms with Crippen molar-refractivity contribution in [3.8, 4) is 11.3 Å². The van der Waals surface area contributed by atoms with E-state index in [-0.39, 0.29) is 11.4 Å². The van der Waals surface area contributed by atoms with Crippen LogP contribution in [0.5, 0.6) is 0 Å². The number of aromatic nitrogens is 2. The van der Waals surface area contributed by atoms with Crippen molar-refractivity contribution < 1.29 is 8.81 Å². The van der Waals surface area contributed by atoms with Crippen molar-refractivity contribution in [2.45, 2.75) is 31.5 Å². The summed E-state index contributed by atoms with van der Waals surface area (Å²) in [6.45, 7) is 4.85. The third-order valence-corrected chi connectivity index (χ3v) is 6.45. The van der Waals surface area contributed by atoms with E-state index in [1.807, 2.05) is 24.6 Å². The Hall–Kier alpha value is -2.44. The molecule has 146 valence electrons. The molecule has 4 heterocycles. The summed E-state index contributed by atoms with van der Waals surface area (Å²) < 4.78 is 21.3. The Morgan fingerprint density at radius 3 is 2.75 bits per heavy atom. The molecule has 2 aromatic heterocycles. The number of fused-ring (bicyclic) bond motifs is 2. The highest BCUT2D eigenvalue weighted by Crippen LogP contribution is 2.41. The number of hydrogen-bond acceptors (Lipinski definition) is 4. The number of halogens is 1. The first-order valence-electron chi connectivity index (χ1n) is 9.92. The molecular formula is C22H25FN4O. The first-order chi connectivity index (χ1) is 13.7. The van der Waals surface area contributed by atoms with E-state index >= 15 is 0 Å². The fourth-order valence-corrected chi connectivity index (χ4v) is 4.81. The number of nitrogens with zero attached hydrogens (tertiary/aromatic N) is 4. The van der Waals surface area contributed by atoms with Crippen LogP contribution >= 0.6 is 0 Å². The molecule has 1 fully saturated rings. The molecule has 1 spiro atoms. The van der Waals surface area contributed by atoms with Gasteiger partial charge >= 0.3 is 0 Å². The molecule has 0 atom stereocenters. The van der Waals surface area contributed by atoms with Crippen LogP contribution in [0.25, 0.3) is 11.3 Å². The van der Waals surface area contributed by atoms with E-state index < -0.39 is 0 Å². The summed E-state index contributed by atoms with van der Waals surface area (Å²) in [7, 11) is 2.21. The fourth-order valence-electron chi connectivity index (χ4n) is 4.81. The molecule has 0 aliphatic carbocycles. The van der Waals surface area contributed by atoms with Crippen molar-refractivity contribution in [3.05, 3.63) is 66.3 Å². The maximum absolute atomic E-state index is 13.7. The summed E-state index contributed by atoms with van der Waals surface area (Å²) in [5, 5.41) is 0. The van der Waals surface area contributed by atoms with Gasteiger partial charge in [-0.15, -0.1) is 0 Å². The molecule has 0 radical (unpaired) electrons. The molecule has 0 unspecified atom stereocenters. The summed E-state index contributed by atoms with van der Waals surface area (Å²) in [5.41, 5.74) is 3.10. The van der Waals surface area contributed by atoms with Gasteiger partial charge in [-0.05, 0) is 38.1 Å². The lowest BCUT2D eigenvalue weighted by molar-refractivity contribution is 0.00697. The lowest BCUT2D eigenvalue weighted by atomic mass is 9.83. The molecule has 6 heteroatoms. The lowest BCUT2D eigenvalue weighted by Gasteiger charge is -2.49. The molecule has 2 aliphatic rings. The van der Waals surface area contributed by atoms with Gasteiger partial charge in [-0.3, -0.25) is 9.80 Å². The number of likely N-dealkylation sites (N-methyl/N-ethyl adjacent to an activating group) is 1. The predicted octanol–water partition coefficient (Wildman–Crippen LogP) is 3.72. The lowest BCUT2D eigenvalue weighted by Crippen LogP contribution is -2.56. The molecule has 1 saturated heterocycles. The highest BCUT2D eigenvalue weighted by atomic mass is 19.1. The van der Waals surface area contributed by atoms with Gasteiger partial charge in [-0.2, -0.15) is 0 Å². The van der Waals surface area contributed by atoms with Crippen molar-refractivity contribution in [1.82, 2.24) is 19.4 Å². The van der Waals surface area contributed by atoms with Crippen LogP contribution in [0.4, 0.5) is 4.39 Å². The Morgan fingerprint density at radius 2 is 2.00 bits per heavy atom. The average molecular weight is 380 g/mol. The SMILES string of the molecule is CN1CCn2c(-c3cccc(F)c3)cnc2C12CCN(Cc1ccoc1)CC2. The van der Waals surface area contributed by atoms with Crippen molar-refractivity contribution in [2.24, 2.45) is 0 Å². The Bertz CT molecular complexity index is 957. The minimum Gasteiger partial charge on any atom is -0.472 e. The maximum atomic E-state index is 13.7. The Balaban J connectivity index is 1.43. The fraction of sp³-hybridized carbons (Fsp3) is 0.409. The number of rotatable bonds is 3. The smallest absolute Gasteiger partial charge is 0.129 e. The quantitative estimate of drug-likeness (QED) is 0.694. The number of imidazole rings is 1. The molecule has 1 aromatic carbocycles. The average Bonchev–Trinajstić information content (AvgIpc) is 3.36. The van der Waals surface area contributed by atoms with Gasteiger partial charge in [0.1, 0.15) is 11.6 Å². The summed E-state index contributed by atoms with van der Waals surface area (Å²) in [4.78, 5) is 9.81. The van der Waals surface area contributed by atoms with E-state index in [1.165, 1.54) is 11.6 Å². The van der Waals surface area contributed by atoms with Crippen LogP contribution in [0.2, 0.25) is 0 Å². The van der Waals surface area contributed by atoms with E-state index in [9.17, 15) is 4.39 Å². The Morgan fingerprint density at radius 1 is 1.14 bits per heavy atom. The molecule has 5 rings (SSSR count). The van der Waals surface area contributed by atoms with Gasteiger partial charge in [-0.1, -0.05) is 12.1 Å². The zero-order valence-electron chi connectivity index (χ0n) is 16.1. The second-order valence-electron chi connectivity index (χ2n) is 7.99. The molecular weight excluding hydrogens is 355 g/mol. The van der Waals surface area contributed by atoms with Gasteiger partial charge in [0.15, 0.2) is 0 Å². The molecule has 3 aromatic rings. The van der Waals surface area contributed by atoms with Gasteiger partial charge in [0, 0.05) is 43.9 Å². The van der Waals surface area contributed by atoms with Gasteiger partial charge in [0.05, 0.1) is 30.0 Å². The minimum atomic E-state index is -0.205. The molecule has 5 nitrogen and oxygen atoms in total. The third kappa shape index (κ3) is 2.88. The van der Waals surface area contributed by atoms with Crippen molar-refractivity contribution in [3.63, 3.8) is 0 Å². The highest BCUT2D eigenvalue weighted by molar-refractivity contribution is 5.60. The number of hydrogen-bond donors (Lipinski definition) is 0. The highest BCUT2D eigenvalue weighted by Gasteiger charge is 2.45. The zero-order valence-corrected chi connectivity index (χ0v) is 16.1. The van der Waals surface area contributed by atoms with Crippen molar-refractivity contribution >= 4 is 0 Å². The summed E-state index contributed by atoms with van der Waals surface area (Å²) in [5.74, 6) is 0.923. The summed E-state index contributed by atoms with van der Waals surface area (Å²) in [6, 6.07) is 8.86. The first kappa shape index (κ1) is 17.6. The van der Waals surface area contributed by atoms with E-state index in [0.29, 0.717) is 0 Å². The molecule has 28 heavy (non-hydrogen) atoms. The molecule has 2 aliphatic heterocycles. The van der Waals surface area contributed by atoms with E-state index in [1.54, 1.807) is 18.4 Å². The van der Waals surface area contributed by atoms with Gasteiger partial charge in [-0.25, -0.2) is 9.37 Å². The van der Waals surface area contributed by atoms with Crippen LogP contribution in [0.15, 0.2) is 53.5 Å². The third-order valence-electron chi connectivity index (χ3n) is 6.45. The number of furan rings is 1. The van der Waals surface area contributed by atoms with Crippen LogP contribution in [-0.4, -0.2) is 46.0 Å². The molecule has 0 saturated carbocycles. The topological polar surface area (TPSA) is 37.4 Å². The number of piperidine rings is 1. The largest absolute Gasteiger partial charge is 0.472 e. The Kier molecular flexibility index (Phi) is 4.33. The maximum Gasteiger partial charge on any atom is 0.129 e. The second kappa shape index (κ2) is 6.87. The van der Waals surface area contributed by atoms with Crippen LogP contribution in [0.1, 0.15) is 24.2 Å². The molecule has 0 N–H and O–H groups in total. The van der Waals surface area contributed by atoms with Crippen LogP contribution in [0.3, 0.4) is 0 Å². The van der Waals surface area contributed by atoms with Crippen LogP contribution in [-0.2, 0) is 18.6 Å². The van der Waals surface area contributed by atoms with Crippen LogP contribution in [0, 0.1) is 5.82 Å². The summed E-state index contributed by atoms with van der Waals surface area (Å²) >= 11 is 0. The van der Waals surface area contributed by atoms with Crippen molar-refractivity contribution in [2.75, 3.05) is 26.7 Å². The minimum absolute atomic E-state index is 0.0449. The van der Waals surface area contributed by atoms with E-state index in [2.05, 4.69) is 21.4 Å². The molecule has 0 bridgehead atoms. The van der Waals surface area contributed by atoms with Gasteiger partial charge in [0.2, 0.25) is 0 Å². The van der Waals surface area contributed by atoms with Crippen LogP contribution < -0.4 is 0 Å². The van der Waals surface area contributed by atoms with Gasteiger partial charge in [0.25, 0.3) is 0 Å². The van der Waals surface area contributed by atoms with Gasteiger partial charge < -0.3 is 8.98 Å². The Labute approximate surface area is 164 Å². The molecule has 0 amide bonds. The first-order valence-corrected chi connectivity index (χ1v) is 9.92. The van der Waals surface area contributed by atoms with E-state index in [4.69, 9.17) is 9.40 Å². The normalized spacial score (nSPS) is 19.8. The monoisotopic (exact) mass is 380 g/mol. The standard InChI is InChI=1S/C22H25FN4O/c1-25-10-11-27-20(18-3-2-4-19(23)13-18)14-24-21(27)22(25)6-8-26(9-7-22)15-17-5-12-28-16-17/h2-5,12-14,16H,6-11,15H2,1H3.